The van der Waals surface area contributed by atoms with E-state index in [-0.39, 0.29) is 12.5 Å². The zero-order chi connectivity index (χ0) is 11.1. The van der Waals surface area contributed by atoms with E-state index in [4.69, 9.17) is 4.42 Å². The van der Waals surface area contributed by atoms with Crippen LogP contribution in [0.3, 0.4) is 0 Å². The molecule has 0 aliphatic carbocycles. The summed E-state index contributed by atoms with van der Waals surface area (Å²) in [5.74, 6) is 0.553. The minimum atomic E-state index is -0.107. The number of rotatable bonds is 0. The molecule has 0 saturated heterocycles. The number of hydrogen-bond donors (Lipinski definition) is 1. The van der Waals surface area contributed by atoms with E-state index in [2.05, 4.69) is 10.3 Å². The van der Waals surface area contributed by atoms with Gasteiger partial charge in [0, 0.05) is 5.39 Å². The highest BCUT2D eigenvalue weighted by atomic mass is 16.3. The Morgan fingerprint density at radius 3 is 3.06 bits per heavy atom. The number of hydrogen-bond acceptors (Lipinski definition) is 3. The van der Waals surface area contributed by atoms with Gasteiger partial charge in [0.05, 0.1) is 11.4 Å². The number of carbonyl (C=O) groups excluding carboxylic acids is 1. The van der Waals surface area contributed by atoms with Gasteiger partial charge in [0.15, 0.2) is 5.76 Å². The molecule has 0 saturated carbocycles. The largest absolute Gasteiger partial charge is 0.453 e. The standard InChI is InChI=1S/C12H10N2O2/c1-7-12-11(14-10(15)6-13-7)8-4-2-3-5-9(8)16-12/h2-5H,6H2,1H3,(H,14,15). The van der Waals surface area contributed by atoms with Crippen LogP contribution in [0.2, 0.25) is 0 Å². The molecule has 1 N–H and O–H groups in total. The molecule has 2 heterocycles. The highest BCUT2D eigenvalue weighted by molar-refractivity contribution is 6.14. The minimum absolute atomic E-state index is 0.107. The van der Waals surface area contributed by atoms with Crippen molar-refractivity contribution in [3.8, 4) is 0 Å². The van der Waals surface area contributed by atoms with E-state index in [1.165, 1.54) is 0 Å². The number of furan rings is 1. The molecule has 3 rings (SSSR count). The second-order valence-corrected chi connectivity index (χ2v) is 3.75. The zero-order valence-corrected chi connectivity index (χ0v) is 8.78. The van der Waals surface area contributed by atoms with Crippen LogP contribution in [0.5, 0.6) is 0 Å². The van der Waals surface area contributed by atoms with Crippen LogP contribution in [0.4, 0.5) is 5.69 Å². The maximum atomic E-state index is 11.5. The van der Waals surface area contributed by atoms with Crippen molar-refractivity contribution in [3.63, 3.8) is 0 Å². The van der Waals surface area contributed by atoms with E-state index < -0.39 is 0 Å². The molecule has 0 fully saturated rings. The summed E-state index contributed by atoms with van der Waals surface area (Å²) < 4.78 is 5.69. The third-order valence-corrected chi connectivity index (χ3v) is 2.65. The first-order chi connectivity index (χ1) is 7.75. The fraction of sp³-hybridized carbons (Fsp3) is 0.167. The molecule has 2 aromatic rings. The van der Waals surface area contributed by atoms with Gasteiger partial charge in [0.25, 0.3) is 0 Å². The molecule has 1 aliphatic rings. The van der Waals surface area contributed by atoms with Crippen molar-refractivity contribution >= 4 is 28.3 Å². The number of anilines is 1. The average molecular weight is 214 g/mol. The molecule has 1 aliphatic heterocycles. The van der Waals surface area contributed by atoms with Gasteiger partial charge in [-0.1, -0.05) is 12.1 Å². The number of para-hydroxylation sites is 1. The number of amides is 1. The topological polar surface area (TPSA) is 54.6 Å². The molecule has 80 valence electrons. The smallest absolute Gasteiger partial charge is 0.246 e. The fourth-order valence-corrected chi connectivity index (χ4v) is 1.87. The van der Waals surface area contributed by atoms with E-state index in [9.17, 15) is 4.79 Å². The van der Waals surface area contributed by atoms with Gasteiger partial charge >= 0.3 is 0 Å². The van der Waals surface area contributed by atoms with Crippen LogP contribution in [-0.4, -0.2) is 18.2 Å². The number of benzene rings is 1. The third-order valence-electron chi connectivity index (χ3n) is 2.65. The van der Waals surface area contributed by atoms with Gasteiger partial charge in [-0.05, 0) is 19.1 Å². The summed E-state index contributed by atoms with van der Waals surface area (Å²) in [6.07, 6.45) is 0. The van der Waals surface area contributed by atoms with E-state index in [0.717, 1.165) is 22.4 Å². The van der Waals surface area contributed by atoms with E-state index in [0.29, 0.717) is 5.76 Å². The second-order valence-electron chi connectivity index (χ2n) is 3.75. The van der Waals surface area contributed by atoms with Crippen molar-refractivity contribution in [1.82, 2.24) is 0 Å². The summed E-state index contributed by atoms with van der Waals surface area (Å²) >= 11 is 0. The van der Waals surface area contributed by atoms with Crippen LogP contribution in [0, 0.1) is 0 Å². The maximum absolute atomic E-state index is 11.5. The molecule has 16 heavy (non-hydrogen) atoms. The predicted octanol–water partition coefficient (Wildman–Crippen LogP) is 2.19. The van der Waals surface area contributed by atoms with Crippen molar-refractivity contribution in [2.24, 2.45) is 4.99 Å². The monoisotopic (exact) mass is 214 g/mol. The summed E-state index contributed by atoms with van der Waals surface area (Å²) in [5, 5.41) is 3.75. The van der Waals surface area contributed by atoms with Gasteiger partial charge in [-0.3, -0.25) is 9.79 Å². The Labute approximate surface area is 92.0 Å². The van der Waals surface area contributed by atoms with Crippen LogP contribution >= 0.6 is 0 Å². The SMILES string of the molecule is CC1=NCC(=O)Nc2c1oc1ccccc21. The van der Waals surface area contributed by atoms with Gasteiger partial charge in [-0.25, -0.2) is 0 Å². The highest BCUT2D eigenvalue weighted by Crippen LogP contribution is 2.32. The number of fused-ring (bicyclic) bond motifs is 3. The average Bonchev–Trinajstić information content (AvgIpc) is 2.59. The van der Waals surface area contributed by atoms with Crippen molar-refractivity contribution < 1.29 is 9.21 Å². The Bertz CT molecular complexity index is 611. The summed E-state index contributed by atoms with van der Waals surface area (Å²) in [5.41, 5.74) is 2.26. The molecule has 4 heteroatoms. The molecule has 1 aromatic heterocycles. The lowest BCUT2D eigenvalue weighted by atomic mass is 10.2. The van der Waals surface area contributed by atoms with Crippen LogP contribution in [0.15, 0.2) is 33.7 Å². The Balaban J connectivity index is 2.34. The third kappa shape index (κ3) is 1.23. The summed E-state index contributed by atoms with van der Waals surface area (Å²) in [4.78, 5) is 15.6. The first-order valence-corrected chi connectivity index (χ1v) is 5.08. The number of aliphatic imine (C=N–C) groups is 1. The van der Waals surface area contributed by atoms with Gasteiger partial charge in [0.1, 0.15) is 12.1 Å². The minimum Gasteiger partial charge on any atom is -0.453 e. The molecular formula is C12H10N2O2. The molecule has 0 unspecified atom stereocenters. The summed E-state index contributed by atoms with van der Waals surface area (Å²) in [6.45, 7) is 2.01. The molecule has 0 bridgehead atoms. The number of carbonyl (C=O) groups is 1. The lowest BCUT2D eigenvalue weighted by molar-refractivity contribution is -0.114. The van der Waals surface area contributed by atoms with Crippen LogP contribution in [-0.2, 0) is 4.79 Å². The quantitative estimate of drug-likeness (QED) is 0.730. The zero-order valence-electron chi connectivity index (χ0n) is 8.78. The Kier molecular flexibility index (Phi) is 1.83. The van der Waals surface area contributed by atoms with Gasteiger partial charge in [-0.15, -0.1) is 0 Å². The predicted molar refractivity (Wildman–Crippen MR) is 61.9 cm³/mol. The molecule has 1 aromatic carbocycles. The fourth-order valence-electron chi connectivity index (χ4n) is 1.87. The Morgan fingerprint density at radius 1 is 1.38 bits per heavy atom. The van der Waals surface area contributed by atoms with Crippen molar-refractivity contribution in [2.45, 2.75) is 6.92 Å². The number of nitrogens with zero attached hydrogens (tertiary/aromatic N) is 1. The van der Waals surface area contributed by atoms with Gasteiger partial charge in [0.2, 0.25) is 5.91 Å². The van der Waals surface area contributed by atoms with Crippen LogP contribution in [0.25, 0.3) is 11.0 Å². The first-order valence-electron chi connectivity index (χ1n) is 5.08. The normalized spacial score (nSPS) is 15.3. The molecule has 0 spiro atoms. The van der Waals surface area contributed by atoms with Crippen molar-refractivity contribution in [2.75, 3.05) is 11.9 Å². The highest BCUT2D eigenvalue weighted by Gasteiger charge is 2.20. The summed E-state index contributed by atoms with van der Waals surface area (Å²) in [6, 6.07) is 7.63. The Hall–Kier alpha value is -2.10. The van der Waals surface area contributed by atoms with Gasteiger partial charge in [-0.2, -0.15) is 0 Å². The van der Waals surface area contributed by atoms with Crippen molar-refractivity contribution in [3.05, 3.63) is 30.0 Å². The Morgan fingerprint density at radius 2 is 2.19 bits per heavy atom. The first kappa shape index (κ1) is 9.15. The molecule has 1 amide bonds. The van der Waals surface area contributed by atoms with E-state index >= 15 is 0 Å². The lowest BCUT2D eigenvalue weighted by Gasteiger charge is -1.98. The van der Waals surface area contributed by atoms with Crippen LogP contribution < -0.4 is 5.32 Å². The molecule has 4 nitrogen and oxygen atoms in total. The molecular weight excluding hydrogens is 204 g/mol. The van der Waals surface area contributed by atoms with Crippen molar-refractivity contribution in [1.29, 1.82) is 0 Å². The summed E-state index contributed by atoms with van der Waals surface area (Å²) in [7, 11) is 0. The molecule has 0 radical (unpaired) electrons. The van der Waals surface area contributed by atoms with Gasteiger partial charge < -0.3 is 9.73 Å². The maximum Gasteiger partial charge on any atom is 0.246 e. The van der Waals surface area contributed by atoms with E-state index in [1.54, 1.807) is 0 Å². The molecule has 0 atom stereocenters. The second kappa shape index (κ2) is 3.20. The van der Waals surface area contributed by atoms with E-state index in [1.807, 2.05) is 31.2 Å². The lowest BCUT2D eigenvalue weighted by Crippen LogP contribution is -2.13. The number of nitrogens with one attached hydrogen (secondary N) is 1. The van der Waals surface area contributed by atoms with Crippen LogP contribution in [0.1, 0.15) is 12.7 Å².